The topological polar surface area (TPSA) is 49.0 Å². The van der Waals surface area contributed by atoms with Crippen LogP contribution in [0.1, 0.15) is 12.0 Å². The molecule has 0 heterocycles. The van der Waals surface area contributed by atoms with Gasteiger partial charge in [-0.25, -0.2) is 0 Å². The Hall–Kier alpha value is -1.01. The Labute approximate surface area is 131 Å². The lowest BCUT2D eigenvalue weighted by atomic mass is 10.2. The van der Waals surface area contributed by atoms with Crippen LogP contribution in [0.5, 0.6) is 11.5 Å². The average molecular weight is 318 g/mol. The van der Waals surface area contributed by atoms with Crippen molar-refractivity contribution in [2.45, 2.75) is 13.0 Å². The maximum atomic E-state index is 6.16. The monoisotopic (exact) mass is 317 g/mol. The van der Waals surface area contributed by atoms with Gasteiger partial charge in [-0.2, -0.15) is 0 Å². The Kier molecular flexibility index (Phi) is 9.17. The molecule has 1 aromatic carbocycles. The smallest absolute Gasteiger partial charge is 0.179 e. The third-order valence-corrected chi connectivity index (χ3v) is 3.18. The minimum Gasteiger partial charge on any atom is -0.493 e. The van der Waals surface area contributed by atoms with Gasteiger partial charge in [-0.1, -0.05) is 11.6 Å². The summed E-state index contributed by atoms with van der Waals surface area (Å²) in [5.41, 5.74) is 1.05. The SMILES string of the molecule is COCCOCCCNCc1cc(Cl)c(OC)c(OC)c1. The highest BCUT2D eigenvalue weighted by molar-refractivity contribution is 6.32. The van der Waals surface area contributed by atoms with Crippen LogP contribution < -0.4 is 14.8 Å². The summed E-state index contributed by atoms with van der Waals surface area (Å²) in [6.07, 6.45) is 0.949. The van der Waals surface area contributed by atoms with Crippen molar-refractivity contribution in [2.24, 2.45) is 0 Å². The summed E-state index contributed by atoms with van der Waals surface area (Å²) in [4.78, 5) is 0. The second-order valence-electron chi connectivity index (χ2n) is 4.45. The van der Waals surface area contributed by atoms with E-state index < -0.39 is 0 Å². The highest BCUT2D eigenvalue weighted by Crippen LogP contribution is 2.35. The van der Waals surface area contributed by atoms with Crippen molar-refractivity contribution in [2.75, 3.05) is 47.7 Å². The number of methoxy groups -OCH3 is 3. The number of hydrogen-bond donors (Lipinski definition) is 1. The Morgan fingerprint density at radius 2 is 1.86 bits per heavy atom. The van der Waals surface area contributed by atoms with E-state index in [-0.39, 0.29) is 0 Å². The van der Waals surface area contributed by atoms with E-state index in [2.05, 4.69) is 5.32 Å². The van der Waals surface area contributed by atoms with Gasteiger partial charge >= 0.3 is 0 Å². The molecule has 0 aliphatic rings. The highest BCUT2D eigenvalue weighted by atomic mass is 35.5. The van der Waals surface area contributed by atoms with E-state index in [1.54, 1.807) is 21.3 Å². The van der Waals surface area contributed by atoms with Gasteiger partial charge in [0.05, 0.1) is 32.5 Å². The number of ether oxygens (including phenoxy) is 4. The normalized spacial score (nSPS) is 10.7. The number of rotatable bonds is 11. The molecule has 6 heteroatoms. The maximum Gasteiger partial charge on any atom is 0.179 e. The van der Waals surface area contributed by atoms with Crippen LogP contribution in [0.15, 0.2) is 12.1 Å². The second-order valence-corrected chi connectivity index (χ2v) is 4.86. The van der Waals surface area contributed by atoms with E-state index in [4.69, 9.17) is 30.5 Å². The van der Waals surface area contributed by atoms with E-state index in [9.17, 15) is 0 Å². The molecule has 0 aromatic heterocycles. The van der Waals surface area contributed by atoms with Crippen LogP contribution in [0.2, 0.25) is 5.02 Å². The summed E-state index contributed by atoms with van der Waals surface area (Å²) in [5, 5.41) is 3.89. The molecule has 1 N–H and O–H groups in total. The van der Waals surface area contributed by atoms with Crippen LogP contribution in [0.25, 0.3) is 0 Å². The zero-order valence-electron chi connectivity index (χ0n) is 12.9. The molecule has 0 radical (unpaired) electrons. The van der Waals surface area contributed by atoms with Crippen LogP contribution in [-0.2, 0) is 16.0 Å². The Morgan fingerprint density at radius 1 is 1.05 bits per heavy atom. The number of halogens is 1. The van der Waals surface area contributed by atoms with Gasteiger partial charge in [-0.15, -0.1) is 0 Å². The van der Waals surface area contributed by atoms with Crippen LogP contribution in [0.4, 0.5) is 0 Å². The quantitative estimate of drug-likeness (QED) is 0.635. The molecular weight excluding hydrogens is 294 g/mol. The largest absolute Gasteiger partial charge is 0.493 e. The Bertz CT molecular complexity index is 415. The molecule has 0 atom stereocenters. The molecule has 0 unspecified atom stereocenters. The molecule has 0 spiro atoms. The Morgan fingerprint density at radius 3 is 2.52 bits per heavy atom. The van der Waals surface area contributed by atoms with Gasteiger partial charge in [0.2, 0.25) is 0 Å². The molecule has 0 aliphatic heterocycles. The van der Waals surface area contributed by atoms with Gasteiger partial charge in [0.1, 0.15) is 0 Å². The summed E-state index contributed by atoms with van der Waals surface area (Å²) in [6, 6.07) is 3.80. The molecular formula is C15H24ClNO4. The first-order valence-electron chi connectivity index (χ1n) is 6.90. The zero-order valence-corrected chi connectivity index (χ0v) is 13.7. The first-order chi connectivity index (χ1) is 10.2. The number of nitrogens with one attached hydrogen (secondary N) is 1. The number of benzene rings is 1. The van der Waals surface area contributed by atoms with Gasteiger partial charge in [0.25, 0.3) is 0 Å². The van der Waals surface area contributed by atoms with Crippen molar-refractivity contribution in [1.29, 1.82) is 0 Å². The van der Waals surface area contributed by atoms with Gasteiger partial charge in [-0.05, 0) is 30.7 Å². The molecule has 0 fully saturated rings. The fraction of sp³-hybridized carbons (Fsp3) is 0.600. The van der Waals surface area contributed by atoms with Crippen molar-refractivity contribution in [3.8, 4) is 11.5 Å². The lowest BCUT2D eigenvalue weighted by Crippen LogP contribution is -2.17. The first-order valence-corrected chi connectivity index (χ1v) is 7.28. The van der Waals surface area contributed by atoms with Gasteiger partial charge in [0.15, 0.2) is 11.5 Å². The summed E-state index contributed by atoms with van der Waals surface area (Å²) in [7, 11) is 4.84. The van der Waals surface area contributed by atoms with Crippen molar-refractivity contribution in [3.05, 3.63) is 22.7 Å². The van der Waals surface area contributed by atoms with Crippen molar-refractivity contribution < 1.29 is 18.9 Å². The van der Waals surface area contributed by atoms with Gasteiger partial charge in [-0.3, -0.25) is 0 Å². The van der Waals surface area contributed by atoms with Crippen molar-refractivity contribution >= 4 is 11.6 Å². The lowest BCUT2D eigenvalue weighted by Gasteiger charge is -2.12. The molecule has 0 aliphatic carbocycles. The minimum atomic E-state index is 0.552. The van der Waals surface area contributed by atoms with Crippen LogP contribution in [0.3, 0.4) is 0 Å². The maximum absolute atomic E-state index is 6.16. The standard InChI is InChI=1S/C15H24ClNO4/c1-18-7-8-21-6-4-5-17-11-12-9-13(16)15(20-3)14(10-12)19-2/h9-10,17H,4-8,11H2,1-3H3. The molecule has 1 aromatic rings. The van der Waals surface area contributed by atoms with Crippen LogP contribution >= 0.6 is 11.6 Å². The third kappa shape index (κ3) is 6.52. The van der Waals surface area contributed by atoms with Crippen LogP contribution in [0, 0.1) is 0 Å². The molecule has 120 valence electrons. The minimum absolute atomic E-state index is 0.552. The number of hydrogen-bond acceptors (Lipinski definition) is 5. The molecule has 5 nitrogen and oxygen atoms in total. The van der Waals surface area contributed by atoms with E-state index in [1.807, 2.05) is 12.1 Å². The Balaban J connectivity index is 2.31. The van der Waals surface area contributed by atoms with Crippen LogP contribution in [-0.4, -0.2) is 47.7 Å². The molecule has 0 saturated heterocycles. The van der Waals surface area contributed by atoms with Crippen molar-refractivity contribution in [1.82, 2.24) is 5.32 Å². The van der Waals surface area contributed by atoms with E-state index in [1.165, 1.54) is 0 Å². The predicted octanol–water partition coefficient (Wildman–Crippen LogP) is 2.50. The fourth-order valence-corrected chi connectivity index (χ4v) is 2.16. The molecule has 0 bridgehead atoms. The van der Waals surface area contributed by atoms with E-state index >= 15 is 0 Å². The summed E-state index contributed by atoms with van der Waals surface area (Å²) < 4.78 is 20.8. The lowest BCUT2D eigenvalue weighted by molar-refractivity contribution is 0.0695. The average Bonchev–Trinajstić information content (AvgIpc) is 2.49. The summed E-state index contributed by atoms with van der Waals surface area (Å²) in [5.74, 6) is 1.21. The predicted molar refractivity (Wildman–Crippen MR) is 83.6 cm³/mol. The third-order valence-electron chi connectivity index (χ3n) is 2.90. The first kappa shape index (κ1) is 18.0. The van der Waals surface area contributed by atoms with Gasteiger partial charge < -0.3 is 24.3 Å². The second kappa shape index (κ2) is 10.7. The fourth-order valence-electron chi connectivity index (χ4n) is 1.85. The van der Waals surface area contributed by atoms with E-state index in [0.717, 1.165) is 31.7 Å². The van der Waals surface area contributed by atoms with Crippen molar-refractivity contribution in [3.63, 3.8) is 0 Å². The molecule has 0 amide bonds. The van der Waals surface area contributed by atoms with E-state index in [0.29, 0.717) is 29.7 Å². The van der Waals surface area contributed by atoms with Gasteiger partial charge in [0, 0.05) is 20.3 Å². The summed E-state index contributed by atoms with van der Waals surface area (Å²) in [6.45, 7) is 3.60. The molecule has 0 saturated carbocycles. The summed E-state index contributed by atoms with van der Waals surface area (Å²) >= 11 is 6.16. The highest BCUT2D eigenvalue weighted by Gasteiger charge is 2.10. The zero-order chi connectivity index (χ0) is 15.5. The molecule has 1 rings (SSSR count). The molecule has 21 heavy (non-hydrogen) atoms.